The maximum atomic E-state index is 16.0. The summed E-state index contributed by atoms with van der Waals surface area (Å²) >= 11 is 14.7. The fraction of sp³-hybridized carbons (Fsp3) is 0.364. The van der Waals surface area contributed by atoms with E-state index in [4.69, 9.17) is 27.9 Å². The van der Waals surface area contributed by atoms with Gasteiger partial charge in [-0.1, -0.05) is 47.5 Å². The predicted molar refractivity (Wildman–Crippen MR) is 177 cm³/mol. The molecule has 3 fully saturated rings. The zero-order valence-corrected chi connectivity index (χ0v) is 27.6. The van der Waals surface area contributed by atoms with Gasteiger partial charge in [0.1, 0.15) is 5.82 Å². The average molecular weight is 750 g/mol. The minimum Gasteiger partial charge on any atom is -0.462 e. The number of halogens is 4. The molecule has 7 nitrogen and oxygen atoms in total. The highest BCUT2D eigenvalue weighted by Crippen LogP contribution is 2.58. The van der Waals surface area contributed by atoms with Crippen molar-refractivity contribution >= 4 is 75.0 Å². The van der Waals surface area contributed by atoms with Gasteiger partial charge in [0.25, 0.3) is 5.91 Å². The van der Waals surface area contributed by atoms with Gasteiger partial charge in [-0.25, -0.2) is 9.18 Å². The third kappa shape index (κ3) is 5.72. The van der Waals surface area contributed by atoms with Gasteiger partial charge in [-0.05, 0) is 103 Å². The molecule has 4 atom stereocenters. The Bertz CT molecular complexity index is 1620. The second kappa shape index (κ2) is 12.6. The molecule has 3 aliphatic rings. The monoisotopic (exact) mass is 749 g/mol. The molecule has 2 saturated heterocycles. The van der Waals surface area contributed by atoms with E-state index in [9.17, 15) is 14.4 Å². The van der Waals surface area contributed by atoms with E-state index in [1.165, 1.54) is 6.07 Å². The number of nitrogens with zero attached hydrogens (tertiary/aromatic N) is 2. The quantitative estimate of drug-likeness (QED) is 0.113. The van der Waals surface area contributed by atoms with Crippen molar-refractivity contribution in [3.63, 3.8) is 0 Å². The number of fused-ring (bicyclic) bond motifs is 1. The summed E-state index contributed by atoms with van der Waals surface area (Å²) in [4.78, 5) is 45.4. The van der Waals surface area contributed by atoms with Crippen LogP contribution in [0.25, 0.3) is 0 Å². The SMILES string of the molecule is CCOC(=O)c1cccc(N2CC[C@@H]3[C@@H](C2=O)[C@H](c2cccc(Cl)c2F)[C@](I)(C(=O)Nc2cccc(Cl)c2)N3CC2CC2)c1. The molecular weight excluding hydrogens is 719 g/mol. The van der Waals surface area contributed by atoms with Crippen LogP contribution in [-0.4, -0.2) is 52.0 Å². The van der Waals surface area contributed by atoms with Gasteiger partial charge in [-0.15, -0.1) is 0 Å². The number of hydrogen-bond acceptors (Lipinski definition) is 5. The lowest BCUT2D eigenvalue weighted by Crippen LogP contribution is -2.55. The normalized spacial score (nSPS) is 25.1. The number of likely N-dealkylation sites (tertiary alicyclic amines) is 1. The smallest absolute Gasteiger partial charge is 0.338 e. The third-order valence-corrected chi connectivity index (χ3v) is 11.0. The van der Waals surface area contributed by atoms with Crippen molar-refractivity contribution in [1.29, 1.82) is 0 Å². The molecule has 11 heteroatoms. The average Bonchev–Trinajstić information content (AvgIpc) is 3.79. The lowest BCUT2D eigenvalue weighted by Gasteiger charge is -2.39. The number of nitrogens with one attached hydrogen (secondary N) is 1. The van der Waals surface area contributed by atoms with Crippen LogP contribution in [0.2, 0.25) is 10.0 Å². The van der Waals surface area contributed by atoms with Gasteiger partial charge >= 0.3 is 5.97 Å². The summed E-state index contributed by atoms with van der Waals surface area (Å²) in [7, 11) is 0. The minimum absolute atomic E-state index is 0.0732. The molecule has 44 heavy (non-hydrogen) atoms. The summed E-state index contributed by atoms with van der Waals surface area (Å²) in [5.74, 6) is -2.95. The lowest BCUT2D eigenvalue weighted by molar-refractivity contribution is -0.125. The lowest BCUT2D eigenvalue weighted by atomic mass is 9.78. The van der Waals surface area contributed by atoms with E-state index in [0.717, 1.165) is 12.8 Å². The van der Waals surface area contributed by atoms with Gasteiger partial charge in [-0.3, -0.25) is 14.5 Å². The van der Waals surface area contributed by atoms with E-state index in [1.54, 1.807) is 72.5 Å². The number of hydrogen-bond donors (Lipinski definition) is 1. The Balaban J connectivity index is 1.46. The molecule has 2 heterocycles. The van der Waals surface area contributed by atoms with Crippen molar-refractivity contribution in [2.45, 2.75) is 41.7 Å². The van der Waals surface area contributed by atoms with Gasteiger partial charge < -0.3 is 15.0 Å². The van der Waals surface area contributed by atoms with Crippen molar-refractivity contribution in [1.82, 2.24) is 4.90 Å². The summed E-state index contributed by atoms with van der Waals surface area (Å²) in [5, 5.41) is 3.41. The largest absolute Gasteiger partial charge is 0.462 e. The highest BCUT2D eigenvalue weighted by atomic mass is 127. The zero-order valence-electron chi connectivity index (χ0n) is 23.9. The molecule has 230 valence electrons. The second-order valence-corrected chi connectivity index (χ2v) is 14.0. The van der Waals surface area contributed by atoms with Crippen LogP contribution in [0.3, 0.4) is 0 Å². The number of rotatable bonds is 8. The van der Waals surface area contributed by atoms with Crippen LogP contribution in [0.1, 0.15) is 48.0 Å². The summed E-state index contributed by atoms with van der Waals surface area (Å²) in [6, 6.07) is 18.1. The van der Waals surface area contributed by atoms with Crippen LogP contribution in [-0.2, 0) is 14.3 Å². The molecule has 3 aromatic carbocycles. The van der Waals surface area contributed by atoms with Gasteiger partial charge in [0.15, 0.2) is 3.55 Å². The van der Waals surface area contributed by atoms with Crippen molar-refractivity contribution < 1.29 is 23.5 Å². The molecule has 0 unspecified atom stereocenters. The van der Waals surface area contributed by atoms with Gasteiger partial charge in [-0.2, -0.15) is 0 Å². The van der Waals surface area contributed by atoms with E-state index in [1.807, 2.05) is 0 Å². The van der Waals surface area contributed by atoms with Gasteiger partial charge in [0.2, 0.25) is 5.91 Å². The molecule has 0 radical (unpaired) electrons. The van der Waals surface area contributed by atoms with E-state index in [0.29, 0.717) is 47.4 Å². The Hall–Kier alpha value is -2.73. The molecule has 1 aliphatic carbocycles. The Kier molecular flexibility index (Phi) is 8.94. The first kappa shape index (κ1) is 31.3. The number of carbonyl (C=O) groups excluding carboxylic acids is 3. The predicted octanol–water partition coefficient (Wildman–Crippen LogP) is 7.31. The zero-order chi connectivity index (χ0) is 31.2. The summed E-state index contributed by atoms with van der Waals surface area (Å²) in [5.41, 5.74) is 1.61. The van der Waals surface area contributed by atoms with Crippen molar-refractivity contribution in [3.8, 4) is 0 Å². The van der Waals surface area contributed by atoms with Crippen molar-refractivity contribution in [3.05, 3.63) is 93.7 Å². The van der Waals surface area contributed by atoms with Crippen molar-refractivity contribution in [2.75, 3.05) is 29.9 Å². The molecule has 0 bridgehead atoms. The van der Waals surface area contributed by atoms with Crippen LogP contribution in [0.5, 0.6) is 0 Å². The molecule has 1 N–H and O–H groups in total. The number of esters is 1. The number of anilines is 2. The van der Waals surface area contributed by atoms with Crippen LogP contribution in [0, 0.1) is 17.7 Å². The van der Waals surface area contributed by atoms with Gasteiger partial charge in [0, 0.05) is 41.4 Å². The highest BCUT2D eigenvalue weighted by molar-refractivity contribution is 14.1. The number of amides is 2. The maximum Gasteiger partial charge on any atom is 0.338 e. The first-order valence-electron chi connectivity index (χ1n) is 14.7. The Labute approximate surface area is 279 Å². The molecule has 6 rings (SSSR count). The number of piperidine rings is 1. The summed E-state index contributed by atoms with van der Waals surface area (Å²) < 4.78 is 19.8. The van der Waals surface area contributed by atoms with Crippen LogP contribution in [0.4, 0.5) is 15.8 Å². The highest BCUT2D eigenvalue weighted by Gasteiger charge is 2.66. The fourth-order valence-electron chi connectivity index (χ4n) is 6.60. The van der Waals surface area contributed by atoms with Crippen LogP contribution < -0.4 is 10.2 Å². The topological polar surface area (TPSA) is 78.9 Å². The van der Waals surface area contributed by atoms with E-state index >= 15 is 4.39 Å². The van der Waals surface area contributed by atoms with E-state index < -0.39 is 27.2 Å². The molecular formula is C33H31Cl2FIN3O4. The summed E-state index contributed by atoms with van der Waals surface area (Å²) in [6.45, 7) is 2.95. The summed E-state index contributed by atoms with van der Waals surface area (Å²) in [6.07, 6.45) is 2.63. The number of benzene rings is 3. The molecule has 0 spiro atoms. The molecule has 1 saturated carbocycles. The molecule has 3 aromatic rings. The fourth-order valence-corrected chi connectivity index (χ4v) is 8.39. The third-order valence-electron chi connectivity index (χ3n) is 8.74. The first-order chi connectivity index (χ1) is 21.1. The maximum absolute atomic E-state index is 16.0. The van der Waals surface area contributed by atoms with Gasteiger partial charge in [0.05, 0.1) is 23.1 Å². The van der Waals surface area contributed by atoms with Crippen LogP contribution in [0.15, 0.2) is 66.7 Å². The van der Waals surface area contributed by atoms with E-state index in [-0.39, 0.29) is 35.0 Å². The minimum atomic E-state index is -1.33. The molecule has 2 amide bonds. The number of alkyl halides is 1. The molecule has 2 aliphatic heterocycles. The van der Waals surface area contributed by atoms with Crippen molar-refractivity contribution in [2.24, 2.45) is 11.8 Å². The Morgan fingerprint density at radius 1 is 1.07 bits per heavy atom. The number of carbonyl (C=O) groups is 3. The number of ether oxygens (including phenoxy) is 1. The first-order valence-corrected chi connectivity index (χ1v) is 16.5. The van der Waals surface area contributed by atoms with Crippen LogP contribution >= 0.6 is 45.8 Å². The Morgan fingerprint density at radius 3 is 2.55 bits per heavy atom. The van der Waals surface area contributed by atoms with E-state index in [2.05, 4.69) is 32.8 Å². The standard InChI is InChI=1S/C33H31Cl2FIN3O4/c1-2-44-31(42)20-6-3-9-23(16-20)39-15-14-26-27(30(39)41)28(24-10-5-11-25(35)29(24)36)33(37,40(26)18-19-12-13-19)32(43)38-22-8-4-7-21(34)17-22/h3-11,16-17,19,26-28H,2,12-15,18H2,1H3,(H,38,43)/t26-,27-,28+,33-/m1/s1. The second-order valence-electron chi connectivity index (χ2n) is 11.5. The molecule has 0 aromatic heterocycles. The Morgan fingerprint density at radius 2 is 1.82 bits per heavy atom.